The largest absolute Gasteiger partial charge is 0.298 e. The summed E-state index contributed by atoms with van der Waals surface area (Å²) in [6.45, 7) is 0. The Morgan fingerprint density at radius 2 is 1.58 bits per heavy atom. The van der Waals surface area contributed by atoms with Crippen molar-refractivity contribution >= 4 is 12.0 Å². The summed E-state index contributed by atoms with van der Waals surface area (Å²) in [4.78, 5) is 12.5. The van der Waals surface area contributed by atoms with Crippen molar-refractivity contribution in [2.75, 3.05) is 0 Å². The van der Waals surface area contributed by atoms with Crippen LogP contribution in [0.1, 0.15) is 21.8 Å². The van der Waals surface area contributed by atoms with E-state index in [2.05, 4.69) is 10.5 Å². The SMILES string of the molecule is O=C(c1ccccc1)C1NN=CC1c1ccccc1. The number of carbonyl (C=O) groups excluding carboxylic acids is 1. The van der Waals surface area contributed by atoms with Crippen LogP contribution in [0.15, 0.2) is 65.8 Å². The molecule has 2 aromatic carbocycles. The fraction of sp³-hybridized carbons (Fsp3) is 0.125. The molecule has 94 valence electrons. The van der Waals surface area contributed by atoms with Gasteiger partial charge in [-0.25, -0.2) is 0 Å². The number of ketones is 1. The Labute approximate surface area is 112 Å². The second-order valence-corrected chi connectivity index (χ2v) is 4.55. The average Bonchev–Trinajstić information content (AvgIpc) is 2.98. The zero-order chi connectivity index (χ0) is 13.1. The first-order chi connectivity index (χ1) is 9.36. The van der Waals surface area contributed by atoms with Gasteiger partial charge in [0.15, 0.2) is 5.78 Å². The van der Waals surface area contributed by atoms with Gasteiger partial charge in [-0.05, 0) is 5.56 Å². The number of hydrazone groups is 1. The van der Waals surface area contributed by atoms with E-state index in [1.165, 1.54) is 0 Å². The Balaban J connectivity index is 1.88. The monoisotopic (exact) mass is 250 g/mol. The molecular weight excluding hydrogens is 236 g/mol. The lowest BCUT2D eigenvalue weighted by molar-refractivity contribution is 0.0945. The van der Waals surface area contributed by atoms with Gasteiger partial charge in [0.1, 0.15) is 6.04 Å². The van der Waals surface area contributed by atoms with Crippen molar-refractivity contribution in [3.8, 4) is 0 Å². The number of Topliss-reactive ketones (excluding diaryl/α,β-unsaturated/α-hetero) is 1. The zero-order valence-electron chi connectivity index (χ0n) is 10.4. The predicted molar refractivity (Wildman–Crippen MR) is 75.4 cm³/mol. The molecule has 3 nitrogen and oxygen atoms in total. The molecule has 0 aromatic heterocycles. The molecule has 0 fully saturated rings. The van der Waals surface area contributed by atoms with Crippen LogP contribution in [0.5, 0.6) is 0 Å². The first kappa shape index (κ1) is 11.7. The summed E-state index contributed by atoms with van der Waals surface area (Å²) >= 11 is 0. The third kappa shape index (κ3) is 2.27. The van der Waals surface area contributed by atoms with Crippen molar-refractivity contribution in [2.45, 2.75) is 12.0 Å². The van der Waals surface area contributed by atoms with E-state index in [0.717, 1.165) is 5.56 Å². The van der Waals surface area contributed by atoms with Crippen LogP contribution in [0, 0.1) is 0 Å². The van der Waals surface area contributed by atoms with E-state index < -0.39 is 0 Å². The van der Waals surface area contributed by atoms with Crippen molar-refractivity contribution in [2.24, 2.45) is 5.10 Å². The fourth-order valence-corrected chi connectivity index (χ4v) is 2.33. The van der Waals surface area contributed by atoms with Crippen LogP contribution in [-0.4, -0.2) is 18.0 Å². The van der Waals surface area contributed by atoms with E-state index in [1.54, 1.807) is 6.21 Å². The van der Waals surface area contributed by atoms with Gasteiger partial charge < -0.3 is 0 Å². The molecule has 2 unspecified atom stereocenters. The predicted octanol–water partition coefficient (Wildman–Crippen LogP) is 2.61. The minimum absolute atomic E-state index is 0.00564. The van der Waals surface area contributed by atoms with Crippen molar-refractivity contribution < 1.29 is 4.79 Å². The average molecular weight is 250 g/mol. The summed E-state index contributed by atoms with van der Waals surface area (Å²) in [5, 5.41) is 4.07. The van der Waals surface area contributed by atoms with Crippen molar-refractivity contribution in [3.63, 3.8) is 0 Å². The highest BCUT2D eigenvalue weighted by Gasteiger charge is 2.32. The molecule has 0 saturated heterocycles. The normalized spacial score (nSPS) is 21.1. The number of hydrogen-bond acceptors (Lipinski definition) is 3. The Morgan fingerprint density at radius 1 is 0.947 bits per heavy atom. The van der Waals surface area contributed by atoms with Crippen molar-refractivity contribution in [1.82, 2.24) is 5.43 Å². The lowest BCUT2D eigenvalue weighted by atomic mass is 9.89. The highest BCUT2D eigenvalue weighted by molar-refractivity contribution is 6.03. The van der Waals surface area contributed by atoms with Gasteiger partial charge in [0, 0.05) is 11.8 Å². The van der Waals surface area contributed by atoms with E-state index in [1.807, 2.05) is 60.7 Å². The molecule has 1 N–H and O–H groups in total. The minimum Gasteiger partial charge on any atom is -0.298 e. The number of nitrogens with zero attached hydrogens (tertiary/aromatic N) is 1. The standard InChI is InChI=1S/C16H14N2O/c19-16(13-9-5-2-6-10-13)15-14(11-17-18-15)12-7-3-1-4-8-12/h1-11,14-15,18H. The first-order valence-corrected chi connectivity index (χ1v) is 6.29. The summed E-state index contributed by atoms with van der Waals surface area (Å²) in [5.74, 6) is 0.0702. The van der Waals surface area contributed by atoms with Gasteiger partial charge in [-0.1, -0.05) is 60.7 Å². The van der Waals surface area contributed by atoms with Crippen LogP contribution in [0.4, 0.5) is 0 Å². The number of carbonyl (C=O) groups is 1. The maximum absolute atomic E-state index is 12.5. The smallest absolute Gasteiger partial charge is 0.187 e. The Kier molecular flexibility index (Phi) is 3.11. The molecule has 1 heterocycles. The Hall–Kier alpha value is -2.42. The molecule has 0 amide bonds. The van der Waals surface area contributed by atoms with E-state index in [0.29, 0.717) is 5.56 Å². The van der Waals surface area contributed by atoms with Crippen LogP contribution in [0.3, 0.4) is 0 Å². The first-order valence-electron chi connectivity index (χ1n) is 6.29. The molecule has 0 spiro atoms. The molecule has 0 radical (unpaired) electrons. The van der Waals surface area contributed by atoms with Gasteiger partial charge in [-0.15, -0.1) is 0 Å². The maximum atomic E-state index is 12.5. The third-order valence-corrected chi connectivity index (χ3v) is 3.33. The van der Waals surface area contributed by atoms with Crippen molar-refractivity contribution in [1.29, 1.82) is 0 Å². The molecule has 19 heavy (non-hydrogen) atoms. The second kappa shape index (κ2) is 5.06. The lowest BCUT2D eigenvalue weighted by Crippen LogP contribution is -2.35. The van der Waals surface area contributed by atoms with E-state index in [4.69, 9.17) is 0 Å². The van der Waals surface area contributed by atoms with E-state index >= 15 is 0 Å². The quantitative estimate of drug-likeness (QED) is 0.851. The van der Waals surface area contributed by atoms with Crippen LogP contribution >= 0.6 is 0 Å². The molecule has 2 atom stereocenters. The fourth-order valence-electron chi connectivity index (χ4n) is 2.33. The highest BCUT2D eigenvalue weighted by atomic mass is 16.1. The summed E-state index contributed by atoms with van der Waals surface area (Å²) < 4.78 is 0. The van der Waals surface area contributed by atoms with Crippen LogP contribution in [0.2, 0.25) is 0 Å². The highest BCUT2D eigenvalue weighted by Crippen LogP contribution is 2.23. The molecular formula is C16H14N2O. The lowest BCUT2D eigenvalue weighted by Gasteiger charge is -2.17. The van der Waals surface area contributed by atoms with Gasteiger partial charge in [0.2, 0.25) is 0 Å². The molecule has 0 bridgehead atoms. The van der Waals surface area contributed by atoms with Gasteiger partial charge in [0.25, 0.3) is 0 Å². The van der Waals surface area contributed by atoms with Crippen LogP contribution in [0.25, 0.3) is 0 Å². The van der Waals surface area contributed by atoms with Crippen LogP contribution < -0.4 is 5.43 Å². The summed E-state index contributed by atoms with van der Waals surface area (Å²) in [6, 6.07) is 19.0. The summed E-state index contributed by atoms with van der Waals surface area (Å²) in [6.07, 6.45) is 1.81. The molecule has 2 aromatic rings. The molecule has 3 heteroatoms. The Morgan fingerprint density at radius 3 is 2.26 bits per heavy atom. The minimum atomic E-state index is -0.315. The van der Waals surface area contributed by atoms with E-state index in [9.17, 15) is 4.79 Å². The number of rotatable bonds is 3. The zero-order valence-corrected chi connectivity index (χ0v) is 10.4. The van der Waals surface area contributed by atoms with Crippen molar-refractivity contribution in [3.05, 3.63) is 71.8 Å². The van der Waals surface area contributed by atoms with E-state index in [-0.39, 0.29) is 17.7 Å². The van der Waals surface area contributed by atoms with Gasteiger partial charge in [-0.2, -0.15) is 5.10 Å². The maximum Gasteiger partial charge on any atom is 0.187 e. The van der Waals surface area contributed by atoms with Gasteiger partial charge in [-0.3, -0.25) is 10.2 Å². The number of hydrogen-bond donors (Lipinski definition) is 1. The molecule has 0 aliphatic carbocycles. The summed E-state index contributed by atoms with van der Waals surface area (Å²) in [7, 11) is 0. The molecule has 3 rings (SSSR count). The van der Waals surface area contributed by atoms with Gasteiger partial charge in [0.05, 0.1) is 5.92 Å². The topological polar surface area (TPSA) is 41.5 Å². The Bertz CT molecular complexity index is 593. The summed E-state index contributed by atoms with van der Waals surface area (Å²) in [5.41, 5.74) is 4.74. The number of benzene rings is 2. The van der Waals surface area contributed by atoms with Gasteiger partial charge >= 0.3 is 0 Å². The molecule has 1 aliphatic heterocycles. The number of nitrogens with one attached hydrogen (secondary N) is 1. The second-order valence-electron chi connectivity index (χ2n) is 4.55. The third-order valence-electron chi connectivity index (χ3n) is 3.33. The molecule has 0 saturated carbocycles. The molecule has 1 aliphatic rings. The van der Waals surface area contributed by atoms with Crippen LogP contribution in [-0.2, 0) is 0 Å².